The zero-order valence-corrected chi connectivity index (χ0v) is 10.3. The largest absolute Gasteiger partial charge is 0.496 e. The number of allylic oxidation sites excluding steroid dienone is 1. The first-order valence-corrected chi connectivity index (χ1v) is 5.85. The second kappa shape index (κ2) is 4.80. The molecule has 92 valence electrons. The van der Waals surface area contributed by atoms with Crippen LogP contribution in [0.3, 0.4) is 0 Å². The van der Waals surface area contributed by atoms with Crippen molar-refractivity contribution in [2.45, 2.75) is 25.4 Å². The third kappa shape index (κ3) is 2.29. The van der Waals surface area contributed by atoms with Gasteiger partial charge in [-0.25, -0.2) is 0 Å². The van der Waals surface area contributed by atoms with Crippen LogP contribution in [-0.2, 0) is 10.3 Å². The van der Waals surface area contributed by atoms with Gasteiger partial charge in [0.25, 0.3) is 0 Å². The quantitative estimate of drug-likeness (QED) is 0.873. The third-order valence-corrected chi connectivity index (χ3v) is 3.05. The highest BCUT2D eigenvalue weighted by atomic mass is 16.5. The highest BCUT2D eigenvalue weighted by molar-refractivity contribution is 5.41. The third-order valence-electron chi connectivity index (χ3n) is 3.05. The second-order valence-electron chi connectivity index (χ2n) is 4.33. The van der Waals surface area contributed by atoms with Crippen molar-refractivity contribution in [2.75, 3.05) is 13.7 Å². The molecule has 0 spiro atoms. The first-order valence-electron chi connectivity index (χ1n) is 5.85. The molecule has 0 fully saturated rings. The summed E-state index contributed by atoms with van der Waals surface area (Å²) in [6, 6.07) is 7.47. The zero-order chi connectivity index (χ0) is 12.3. The van der Waals surface area contributed by atoms with Crippen LogP contribution in [0.5, 0.6) is 5.75 Å². The summed E-state index contributed by atoms with van der Waals surface area (Å²) in [4.78, 5) is 0. The number of hydrogen-bond donors (Lipinski definition) is 1. The van der Waals surface area contributed by atoms with Crippen molar-refractivity contribution in [3.8, 4) is 5.75 Å². The van der Waals surface area contributed by atoms with Crippen LogP contribution in [0, 0.1) is 0 Å². The van der Waals surface area contributed by atoms with E-state index in [2.05, 4.69) is 0 Å². The van der Waals surface area contributed by atoms with Gasteiger partial charge in [0.2, 0.25) is 0 Å². The van der Waals surface area contributed by atoms with Gasteiger partial charge in [-0.15, -0.1) is 0 Å². The van der Waals surface area contributed by atoms with Crippen LogP contribution in [-0.4, -0.2) is 18.8 Å². The summed E-state index contributed by atoms with van der Waals surface area (Å²) in [5, 5.41) is 10.6. The standard InChI is InChI=1S/C14H18O3/c1-14(15,13-9-5-6-10-17-13)11-7-3-4-8-12(11)16-2/h3-4,7-9,15H,5-6,10H2,1-2H3. The summed E-state index contributed by atoms with van der Waals surface area (Å²) < 4.78 is 10.8. The van der Waals surface area contributed by atoms with Crippen molar-refractivity contribution in [1.29, 1.82) is 0 Å². The van der Waals surface area contributed by atoms with Crippen LogP contribution in [0.25, 0.3) is 0 Å². The molecule has 3 nitrogen and oxygen atoms in total. The van der Waals surface area contributed by atoms with Crippen LogP contribution >= 0.6 is 0 Å². The van der Waals surface area contributed by atoms with Gasteiger partial charge in [-0.1, -0.05) is 18.2 Å². The van der Waals surface area contributed by atoms with Crippen LogP contribution in [0.1, 0.15) is 25.3 Å². The molecule has 1 unspecified atom stereocenters. The van der Waals surface area contributed by atoms with Crippen LogP contribution in [0.2, 0.25) is 0 Å². The van der Waals surface area contributed by atoms with Crippen molar-refractivity contribution >= 4 is 0 Å². The van der Waals surface area contributed by atoms with E-state index in [-0.39, 0.29) is 0 Å². The molecule has 1 aliphatic rings. The fraction of sp³-hybridized carbons (Fsp3) is 0.429. The van der Waals surface area contributed by atoms with Gasteiger partial charge in [0.15, 0.2) is 0 Å². The number of rotatable bonds is 3. The lowest BCUT2D eigenvalue weighted by atomic mass is 9.91. The van der Waals surface area contributed by atoms with Gasteiger partial charge in [0, 0.05) is 5.56 Å². The van der Waals surface area contributed by atoms with Gasteiger partial charge in [0.1, 0.15) is 17.1 Å². The lowest BCUT2D eigenvalue weighted by Crippen LogP contribution is -2.28. The predicted octanol–water partition coefficient (Wildman–Crippen LogP) is 2.60. The highest BCUT2D eigenvalue weighted by Gasteiger charge is 2.33. The second-order valence-corrected chi connectivity index (χ2v) is 4.33. The smallest absolute Gasteiger partial charge is 0.147 e. The Balaban J connectivity index is 2.39. The molecule has 1 aliphatic heterocycles. The average molecular weight is 234 g/mol. The topological polar surface area (TPSA) is 38.7 Å². The average Bonchev–Trinajstić information content (AvgIpc) is 2.39. The predicted molar refractivity (Wildman–Crippen MR) is 65.8 cm³/mol. The van der Waals surface area contributed by atoms with E-state index in [9.17, 15) is 5.11 Å². The van der Waals surface area contributed by atoms with E-state index in [1.807, 2.05) is 30.3 Å². The number of ether oxygens (including phenoxy) is 2. The molecular weight excluding hydrogens is 216 g/mol. The van der Waals surface area contributed by atoms with Crippen molar-refractivity contribution in [3.63, 3.8) is 0 Å². The monoisotopic (exact) mass is 234 g/mol. The molecule has 0 saturated heterocycles. The minimum absolute atomic E-state index is 0.619. The Bertz CT molecular complexity index is 421. The summed E-state index contributed by atoms with van der Waals surface area (Å²) in [5.74, 6) is 1.29. The minimum atomic E-state index is -1.13. The van der Waals surface area contributed by atoms with Gasteiger partial charge >= 0.3 is 0 Å². The van der Waals surface area contributed by atoms with Gasteiger partial charge in [-0.2, -0.15) is 0 Å². The summed E-state index contributed by atoms with van der Waals surface area (Å²) in [6.45, 7) is 2.40. The molecule has 0 aliphatic carbocycles. The highest BCUT2D eigenvalue weighted by Crippen LogP contribution is 2.37. The van der Waals surface area contributed by atoms with Crippen LogP contribution in [0.4, 0.5) is 0 Å². The van der Waals surface area contributed by atoms with E-state index in [0.717, 1.165) is 18.4 Å². The molecule has 1 atom stereocenters. The normalized spacial score (nSPS) is 18.9. The SMILES string of the molecule is COc1ccccc1C(C)(O)C1=CCCCO1. The first kappa shape index (κ1) is 12.0. The number of para-hydroxylation sites is 1. The first-order chi connectivity index (χ1) is 8.16. The van der Waals surface area contributed by atoms with Crippen LogP contribution < -0.4 is 4.74 Å². The molecule has 0 bridgehead atoms. The molecule has 1 aromatic carbocycles. The number of benzene rings is 1. The van der Waals surface area contributed by atoms with E-state index in [1.165, 1.54) is 0 Å². The maximum absolute atomic E-state index is 10.6. The number of aliphatic hydroxyl groups is 1. The molecule has 2 rings (SSSR count). The molecule has 0 amide bonds. The lowest BCUT2D eigenvalue weighted by Gasteiger charge is -2.30. The summed E-state index contributed by atoms with van der Waals surface area (Å²) in [7, 11) is 1.60. The fourth-order valence-corrected chi connectivity index (χ4v) is 2.08. The molecule has 0 radical (unpaired) electrons. The molecule has 0 aromatic heterocycles. The summed E-state index contributed by atoms with van der Waals surface area (Å²) >= 11 is 0. The number of methoxy groups -OCH3 is 1. The van der Waals surface area contributed by atoms with Crippen LogP contribution in [0.15, 0.2) is 36.1 Å². The Morgan fingerprint density at radius 3 is 2.76 bits per heavy atom. The Kier molecular flexibility index (Phi) is 3.38. The van der Waals surface area contributed by atoms with Crippen molar-refractivity contribution in [3.05, 3.63) is 41.7 Å². The Morgan fingerprint density at radius 1 is 1.35 bits per heavy atom. The zero-order valence-electron chi connectivity index (χ0n) is 10.3. The lowest BCUT2D eigenvalue weighted by molar-refractivity contribution is 0.0134. The Labute approximate surface area is 102 Å². The Hall–Kier alpha value is -1.48. The Morgan fingerprint density at radius 2 is 2.12 bits per heavy atom. The van der Waals surface area contributed by atoms with Crippen molar-refractivity contribution < 1.29 is 14.6 Å². The number of hydrogen-bond acceptors (Lipinski definition) is 3. The molecule has 1 heterocycles. The fourth-order valence-electron chi connectivity index (χ4n) is 2.08. The van der Waals surface area contributed by atoms with Gasteiger partial charge in [0.05, 0.1) is 13.7 Å². The molecule has 0 saturated carbocycles. The summed E-state index contributed by atoms with van der Waals surface area (Å²) in [5.41, 5.74) is -0.400. The van der Waals surface area contributed by atoms with Gasteiger partial charge in [-0.3, -0.25) is 0 Å². The molecular formula is C14H18O3. The summed E-state index contributed by atoms with van der Waals surface area (Å²) in [6.07, 6.45) is 3.90. The molecule has 17 heavy (non-hydrogen) atoms. The van der Waals surface area contributed by atoms with Gasteiger partial charge < -0.3 is 14.6 Å². The minimum Gasteiger partial charge on any atom is -0.496 e. The van der Waals surface area contributed by atoms with E-state index in [0.29, 0.717) is 18.1 Å². The van der Waals surface area contributed by atoms with E-state index < -0.39 is 5.60 Å². The van der Waals surface area contributed by atoms with Gasteiger partial charge in [-0.05, 0) is 31.9 Å². The van der Waals surface area contributed by atoms with E-state index in [4.69, 9.17) is 9.47 Å². The van der Waals surface area contributed by atoms with E-state index in [1.54, 1.807) is 14.0 Å². The molecule has 1 N–H and O–H groups in total. The molecule has 3 heteroatoms. The van der Waals surface area contributed by atoms with Crippen molar-refractivity contribution in [1.82, 2.24) is 0 Å². The molecule has 1 aromatic rings. The van der Waals surface area contributed by atoms with Crippen molar-refractivity contribution in [2.24, 2.45) is 0 Å². The maximum atomic E-state index is 10.6. The maximum Gasteiger partial charge on any atom is 0.147 e. The van der Waals surface area contributed by atoms with E-state index >= 15 is 0 Å².